The second kappa shape index (κ2) is 8.22. The minimum absolute atomic E-state index is 0.0913. The number of nitrogens with zero attached hydrogens (tertiary/aromatic N) is 2. The maximum Gasteiger partial charge on any atom is 0.158 e. The SMILES string of the molecule is CCOC(CCNCc1cnn(C)c1)OCC. The Hall–Kier alpha value is -0.910. The summed E-state index contributed by atoms with van der Waals surface area (Å²) in [7, 11) is 1.92. The third-order valence-corrected chi connectivity index (χ3v) is 2.35. The topological polar surface area (TPSA) is 48.3 Å². The van der Waals surface area contributed by atoms with Gasteiger partial charge in [-0.25, -0.2) is 0 Å². The van der Waals surface area contributed by atoms with Crippen LogP contribution in [-0.4, -0.2) is 35.8 Å². The summed E-state index contributed by atoms with van der Waals surface area (Å²) in [5.74, 6) is 0. The molecular formula is C12H23N3O2. The Bertz CT molecular complexity index is 296. The molecule has 0 saturated carbocycles. The molecule has 17 heavy (non-hydrogen) atoms. The van der Waals surface area contributed by atoms with E-state index in [9.17, 15) is 0 Å². The van der Waals surface area contributed by atoms with Gasteiger partial charge in [0.05, 0.1) is 6.20 Å². The lowest BCUT2D eigenvalue weighted by molar-refractivity contribution is -0.138. The molecule has 0 unspecified atom stereocenters. The van der Waals surface area contributed by atoms with Gasteiger partial charge in [-0.15, -0.1) is 0 Å². The fourth-order valence-corrected chi connectivity index (χ4v) is 1.60. The Labute approximate surface area is 103 Å². The van der Waals surface area contributed by atoms with Crippen LogP contribution in [0, 0.1) is 0 Å². The van der Waals surface area contributed by atoms with Crippen molar-refractivity contribution in [3.8, 4) is 0 Å². The lowest BCUT2D eigenvalue weighted by Gasteiger charge is -2.16. The van der Waals surface area contributed by atoms with Gasteiger partial charge in [0, 0.05) is 51.5 Å². The van der Waals surface area contributed by atoms with E-state index in [0.29, 0.717) is 13.2 Å². The first-order valence-corrected chi connectivity index (χ1v) is 6.17. The molecule has 1 rings (SSSR count). The molecule has 1 heterocycles. The van der Waals surface area contributed by atoms with Crippen molar-refractivity contribution in [3.63, 3.8) is 0 Å². The van der Waals surface area contributed by atoms with Crippen molar-refractivity contribution in [1.82, 2.24) is 15.1 Å². The fourth-order valence-electron chi connectivity index (χ4n) is 1.60. The van der Waals surface area contributed by atoms with Crippen LogP contribution in [0.15, 0.2) is 12.4 Å². The molecule has 0 atom stereocenters. The van der Waals surface area contributed by atoms with Gasteiger partial charge < -0.3 is 14.8 Å². The van der Waals surface area contributed by atoms with Crippen LogP contribution >= 0.6 is 0 Å². The standard InChI is InChI=1S/C12H23N3O2/c1-4-16-12(17-5-2)6-7-13-8-11-9-14-15(3)10-11/h9-10,12-13H,4-8H2,1-3H3. The van der Waals surface area contributed by atoms with Gasteiger partial charge >= 0.3 is 0 Å². The molecule has 0 aliphatic heterocycles. The van der Waals surface area contributed by atoms with Gasteiger partial charge in [0.15, 0.2) is 6.29 Å². The molecule has 98 valence electrons. The number of rotatable bonds is 9. The van der Waals surface area contributed by atoms with E-state index in [2.05, 4.69) is 10.4 Å². The lowest BCUT2D eigenvalue weighted by Crippen LogP contribution is -2.24. The molecule has 0 radical (unpaired) electrons. The maximum absolute atomic E-state index is 5.46. The van der Waals surface area contributed by atoms with Gasteiger partial charge in [-0.3, -0.25) is 4.68 Å². The van der Waals surface area contributed by atoms with E-state index in [-0.39, 0.29) is 6.29 Å². The average molecular weight is 241 g/mol. The fraction of sp³-hybridized carbons (Fsp3) is 0.750. The largest absolute Gasteiger partial charge is 0.353 e. The normalized spacial score (nSPS) is 11.3. The first kappa shape index (κ1) is 14.2. The number of aromatic nitrogens is 2. The monoisotopic (exact) mass is 241 g/mol. The molecule has 0 aliphatic carbocycles. The predicted octanol–water partition coefficient (Wildman–Crippen LogP) is 1.30. The molecule has 1 aromatic rings. The van der Waals surface area contributed by atoms with Crippen LogP contribution < -0.4 is 5.32 Å². The average Bonchev–Trinajstić information content (AvgIpc) is 2.71. The third-order valence-electron chi connectivity index (χ3n) is 2.35. The number of hydrogen-bond acceptors (Lipinski definition) is 4. The summed E-state index contributed by atoms with van der Waals surface area (Å²) >= 11 is 0. The van der Waals surface area contributed by atoms with E-state index in [0.717, 1.165) is 19.5 Å². The van der Waals surface area contributed by atoms with E-state index >= 15 is 0 Å². The minimum Gasteiger partial charge on any atom is -0.353 e. The molecule has 0 amide bonds. The van der Waals surface area contributed by atoms with Crippen molar-refractivity contribution in [3.05, 3.63) is 18.0 Å². The van der Waals surface area contributed by atoms with E-state index in [1.54, 1.807) is 4.68 Å². The van der Waals surface area contributed by atoms with Crippen LogP contribution in [0.5, 0.6) is 0 Å². The molecule has 5 heteroatoms. The zero-order chi connectivity index (χ0) is 12.5. The van der Waals surface area contributed by atoms with Gasteiger partial charge in [-0.2, -0.15) is 5.10 Å². The molecule has 0 spiro atoms. The van der Waals surface area contributed by atoms with Crippen LogP contribution in [0.1, 0.15) is 25.8 Å². The number of hydrogen-bond donors (Lipinski definition) is 1. The number of ether oxygens (including phenoxy) is 2. The Morgan fingerprint density at radius 3 is 2.59 bits per heavy atom. The van der Waals surface area contributed by atoms with Crippen molar-refractivity contribution in [2.24, 2.45) is 7.05 Å². The molecule has 0 bridgehead atoms. The van der Waals surface area contributed by atoms with E-state index in [4.69, 9.17) is 9.47 Å². The van der Waals surface area contributed by atoms with Crippen molar-refractivity contribution >= 4 is 0 Å². The Morgan fingerprint density at radius 1 is 1.35 bits per heavy atom. The van der Waals surface area contributed by atoms with Crippen molar-refractivity contribution in [1.29, 1.82) is 0 Å². The first-order valence-electron chi connectivity index (χ1n) is 6.17. The quantitative estimate of drug-likeness (QED) is 0.523. The summed E-state index contributed by atoms with van der Waals surface area (Å²) in [4.78, 5) is 0. The third kappa shape index (κ3) is 5.81. The van der Waals surface area contributed by atoms with Crippen molar-refractivity contribution in [2.45, 2.75) is 33.1 Å². The van der Waals surface area contributed by atoms with Crippen LogP contribution in [0.2, 0.25) is 0 Å². The van der Waals surface area contributed by atoms with Crippen molar-refractivity contribution < 1.29 is 9.47 Å². The summed E-state index contributed by atoms with van der Waals surface area (Å²) in [6.07, 6.45) is 4.65. The zero-order valence-electron chi connectivity index (χ0n) is 11.0. The maximum atomic E-state index is 5.46. The van der Waals surface area contributed by atoms with Gasteiger partial charge in [0.2, 0.25) is 0 Å². The van der Waals surface area contributed by atoms with Gasteiger partial charge in [-0.05, 0) is 13.8 Å². The van der Waals surface area contributed by atoms with Crippen LogP contribution in [0.4, 0.5) is 0 Å². The molecule has 0 aliphatic rings. The molecule has 0 saturated heterocycles. The summed E-state index contributed by atoms with van der Waals surface area (Å²) in [5, 5.41) is 7.47. The molecule has 1 N–H and O–H groups in total. The predicted molar refractivity (Wildman–Crippen MR) is 66.6 cm³/mol. The summed E-state index contributed by atoms with van der Waals surface area (Å²) in [6.45, 7) is 7.04. The molecule has 0 fully saturated rings. The van der Waals surface area contributed by atoms with Gasteiger partial charge in [0.25, 0.3) is 0 Å². The summed E-state index contributed by atoms with van der Waals surface area (Å²) in [6, 6.07) is 0. The second-order valence-corrected chi connectivity index (χ2v) is 3.83. The smallest absolute Gasteiger partial charge is 0.158 e. The molecule has 5 nitrogen and oxygen atoms in total. The highest BCUT2D eigenvalue weighted by Crippen LogP contribution is 2.01. The van der Waals surface area contributed by atoms with E-state index < -0.39 is 0 Å². The minimum atomic E-state index is -0.0913. The van der Waals surface area contributed by atoms with E-state index in [1.165, 1.54) is 5.56 Å². The molecule has 0 aromatic carbocycles. The molecular weight excluding hydrogens is 218 g/mol. The Balaban J connectivity index is 2.13. The second-order valence-electron chi connectivity index (χ2n) is 3.83. The van der Waals surface area contributed by atoms with Crippen LogP contribution in [-0.2, 0) is 23.1 Å². The Morgan fingerprint density at radius 2 is 2.06 bits per heavy atom. The van der Waals surface area contributed by atoms with Crippen molar-refractivity contribution in [2.75, 3.05) is 19.8 Å². The lowest BCUT2D eigenvalue weighted by atomic mass is 10.3. The molecule has 1 aromatic heterocycles. The van der Waals surface area contributed by atoms with Crippen LogP contribution in [0.3, 0.4) is 0 Å². The zero-order valence-corrected chi connectivity index (χ0v) is 11.0. The summed E-state index contributed by atoms with van der Waals surface area (Å²) < 4.78 is 12.7. The first-order chi connectivity index (χ1) is 8.26. The highest BCUT2D eigenvalue weighted by atomic mass is 16.7. The Kier molecular flexibility index (Phi) is 6.84. The highest BCUT2D eigenvalue weighted by molar-refractivity contribution is 5.02. The van der Waals surface area contributed by atoms with E-state index in [1.807, 2.05) is 33.3 Å². The van der Waals surface area contributed by atoms with Crippen LogP contribution in [0.25, 0.3) is 0 Å². The highest BCUT2D eigenvalue weighted by Gasteiger charge is 2.06. The number of aryl methyl sites for hydroxylation is 1. The summed E-state index contributed by atoms with van der Waals surface area (Å²) in [5.41, 5.74) is 1.19. The van der Waals surface area contributed by atoms with Gasteiger partial charge in [0.1, 0.15) is 0 Å². The van der Waals surface area contributed by atoms with Gasteiger partial charge in [-0.1, -0.05) is 0 Å². The number of nitrogens with one attached hydrogen (secondary N) is 1.